The summed E-state index contributed by atoms with van der Waals surface area (Å²) in [6.45, 7) is 4.55. The first-order valence-electron chi connectivity index (χ1n) is 6.78. The average Bonchev–Trinajstić information content (AvgIpc) is 2.47. The third kappa shape index (κ3) is 3.23. The van der Waals surface area contributed by atoms with Crippen molar-refractivity contribution in [1.82, 2.24) is 5.32 Å². The highest BCUT2D eigenvalue weighted by atomic mass is 35.5. The van der Waals surface area contributed by atoms with Crippen LogP contribution in [-0.4, -0.2) is 38.3 Å². The first-order chi connectivity index (χ1) is 9.67. The van der Waals surface area contributed by atoms with Gasteiger partial charge in [0.15, 0.2) is 0 Å². The standard InChI is InChI=1S/C14H20ClN3O2/c1-2-17-14(19)13-9-20-6-5-18(13)12-4-3-10(8-16)7-11(12)15/h3-4,7,13H,2,5-6,8-9,16H2,1H3,(H,17,19). The number of hydrogen-bond donors (Lipinski definition) is 2. The van der Waals surface area contributed by atoms with Crippen molar-refractivity contribution >= 4 is 23.2 Å². The highest BCUT2D eigenvalue weighted by Gasteiger charge is 2.30. The van der Waals surface area contributed by atoms with E-state index in [9.17, 15) is 4.79 Å². The van der Waals surface area contributed by atoms with E-state index in [0.717, 1.165) is 11.3 Å². The SMILES string of the molecule is CCNC(=O)C1COCCN1c1ccc(CN)cc1Cl. The highest BCUT2D eigenvalue weighted by molar-refractivity contribution is 6.33. The minimum atomic E-state index is -0.343. The monoisotopic (exact) mass is 297 g/mol. The van der Waals surface area contributed by atoms with Gasteiger partial charge in [0.1, 0.15) is 6.04 Å². The quantitative estimate of drug-likeness (QED) is 0.874. The van der Waals surface area contributed by atoms with E-state index in [1.54, 1.807) is 0 Å². The molecule has 0 aliphatic carbocycles. The van der Waals surface area contributed by atoms with Crippen LogP contribution in [0.25, 0.3) is 0 Å². The van der Waals surface area contributed by atoms with Crippen LogP contribution in [0, 0.1) is 0 Å². The summed E-state index contributed by atoms with van der Waals surface area (Å²) in [5.41, 5.74) is 7.43. The summed E-state index contributed by atoms with van der Waals surface area (Å²) >= 11 is 6.32. The Morgan fingerprint density at radius 2 is 2.40 bits per heavy atom. The zero-order valence-corrected chi connectivity index (χ0v) is 12.3. The molecule has 1 aliphatic heterocycles. The summed E-state index contributed by atoms with van der Waals surface area (Å²) in [7, 11) is 0. The van der Waals surface area contributed by atoms with E-state index in [1.165, 1.54) is 0 Å². The number of likely N-dealkylation sites (N-methyl/N-ethyl adjacent to an activating group) is 1. The summed E-state index contributed by atoms with van der Waals surface area (Å²) in [5.74, 6) is -0.0360. The van der Waals surface area contributed by atoms with E-state index in [0.29, 0.717) is 37.9 Å². The van der Waals surface area contributed by atoms with Crippen LogP contribution >= 0.6 is 11.6 Å². The largest absolute Gasteiger partial charge is 0.377 e. The molecule has 1 amide bonds. The van der Waals surface area contributed by atoms with Crippen LogP contribution in [-0.2, 0) is 16.1 Å². The molecule has 1 aromatic rings. The van der Waals surface area contributed by atoms with Gasteiger partial charge in [0.2, 0.25) is 5.91 Å². The molecule has 5 nitrogen and oxygen atoms in total. The van der Waals surface area contributed by atoms with Crippen LogP contribution < -0.4 is 16.0 Å². The summed E-state index contributed by atoms with van der Waals surface area (Å²) in [4.78, 5) is 14.1. The first kappa shape index (κ1) is 15.1. The zero-order chi connectivity index (χ0) is 14.5. The van der Waals surface area contributed by atoms with Crippen LogP contribution in [0.2, 0.25) is 5.02 Å². The molecule has 1 aromatic carbocycles. The van der Waals surface area contributed by atoms with Gasteiger partial charge in [-0.05, 0) is 24.6 Å². The predicted molar refractivity (Wildman–Crippen MR) is 80.0 cm³/mol. The number of nitrogens with zero attached hydrogens (tertiary/aromatic N) is 1. The number of ether oxygens (including phenoxy) is 1. The number of carbonyl (C=O) groups excluding carboxylic acids is 1. The lowest BCUT2D eigenvalue weighted by atomic mass is 10.1. The van der Waals surface area contributed by atoms with Crippen molar-refractivity contribution in [1.29, 1.82) is 0 Å². The molecule has 1 saturated heterocycles. The Hall–Kier alpha value is -1.30. The van der Waals surface area contributed by atoms with Crippen LogP contribution in [0.1, 0.15) is 12.5 Å². The molecule has 6 heteroatoms. The Bertz CT molecular complexity index is 481. The lowest BCUT2D eigenvalue weighted by Gasteiger charge is -2.36. The molecule has 1 atom stereocenters. The number of hydrogen-bond acceptors (Lipinski definition) is 4. The maximum Gasteiger partial charge on any atom is 0.245 e. The summed E-state index contributed by atoms with van der Waals surface area (Å²) in [5, 5.41) is 3.45. The van der Waals surface area contributed by atoms with Crippen molar-refractivity contribution in [2.75, 3.05) is 31.2 Å². The Balaban J connectivity index is 2.25. The topological polar surface area (TPSA) is 67.6 Å². The molecular formula is C14H20ClN3O2. The maximum atomic E-state index is 12.1. The predicted octanol–water partition coefficient (Wildman–Crippen LogP) is 1.14. The fourth-order valence-corrected chi connectivity index (χ4v) is 2.62. The third-order valence-corrected chi connectivity index (χ3v) is 3.64. The molecule has 1 heterocycles. The van der Waals surface area contributed by atoms with Gasteiger partial charge in [0.25, 0.3) is 0 Å². The lowest BCUT2D eigenvalue weighted by molar-refractivity contribution is -0.124. The summed E-state index contributed by atoms with van der Waals surface area (Å²) in [6.07, 6.45) is 0. The average molecular weight is 298 g/mol. The summed E-state index contributed by atoms with van der Waals surface area (Å²) < 4.78 is 5.42. The molecule has 3 N–H and O–H groups in total. The van der Waals surface area contributed by atoms with Gasteiger partial charge < -0.3 is 20.7 Å². The molecule has 1 fully saturated rings. The first-order valence-corrected chi connectivity index (χ1v) is 7.15. The van der Waals surface area contributed by atoms with Crippen LogP contribution in [0.5, 0.6) is 0 Å². The second-order valence-corrected chi connectivity index (χ2v) is 5.08. The molecule has 20 heavy (non-hydrogen) atoms. The number of morpholine rings is 1. The van der Waals surface area contributed by atoms with Gasteiger partial charge in [-0.25, -0.2) is 0 Å². The van der Waals surface area contributed by atoms with Gasteiger partial charge >= 0.3 is 0 Å². The number of rotatable bonds is 4. The minimum Gasteiger partial charge on any atom is -0.377 e. The van der Waals surface area contributed by atoms with Crippen LogP contribution in [0.3, 0.4) is 0 Å². The number of anilines is 1. The fraction of sp³-hybridized carbons (Fsp3) is 0.500. The fourth-order valence-electron chi connectivity index (χ4n) is 2.31. The second kappa shape index (κ2) is 6.92. The van der Waals surface area contributed by atoms with Crippen molar-refractivity contribution < 1.29 is 9.53 Å². The molecule has 1 aliphatic rings. The van der Waals surface area contributed by atoms with Crippen molar-refractivity contribution in [2.45, 2.75) is 19.5 Å². The van der Waals surface area contributed by atoms with Gasteiger partial charge in [0.05, 0.1) is 23.9 Å². The van der Waals surface area contributed by atoms with Gasteiger partial charge in [0, 0.05) is 19.6 Å². The van der Waals surface area contributed by atoms with E-state index in [2.05, 4.69) is 5.32 Å². The number of amides is 1. The molecule has 0 radical (unpaired) electrons. The lowest BCUT2D eigenvalue weighted by Crippen LogP contribution is -2.54. The molecule has 0 saturated carbocycles. The molecular weight excluding hydrogens is 278 g/mol. The van der Waals surface area contributed by atoms with Gasteiger partial charge in [-0.15, -0.1) is 0 Å². The Kier molecular flexibility index (Phi) is 5.23. The number of halogens is 1. The molecule has 0 aromatic heterocycles. The van der Waals surface area contributed by atoms with E-state index in [1.807, 2.05) is 30.0 Å². The van der Waals surface area contributed by atoms with Crippen molar-refractivity contribution in [3.63, 3.8) is 0 Å². The van der Waals surface area contributed by atoms with E-state index < -0.39 is 0 Å². The Labute approximate surface area is 124 Å². The Morgan fingerprint density at radius 1 is 1.60 bits per heavy atom. The Morgan fingerprint density at radius 3 is 3.05 bits per heavy atom. The normalized spacial score (nSPS) is 18.9. The van der Waals surface area contributed by atoms with Gasteiger partial charge in [-0.2, -0.15) is 0 Å². The summed E-state index contributed by atoms with van der Waals surface area (Å²) in [6, 6.07) is 5.36. The molecule has 0 bridgehead atoms. The number of benzene rings is 1. The number of nitrogens with two attached hydrogens (primary N) is 1. The number of nitrogens with one attached hydrogen (secondary N) is 1. The molecule has 110 valence electrons. The van der Waals surface area contributed by atoms with Crippen molar-refractivity contribution in [3.05, 3.63) is 28.8 Å². The highest BCUT2D eigenvalue weighted by Crippen LogP contribution is 2.29. The van der Waals surface area contributed by atoms with Crippen molar-refractivity contribution in [2.24, 2.45) is 5.73 Å². The van der Waals surface area contributed by atoms with Gasteiger partial charge in [-0.3, -0.25) is 4.79 Å². The smallest absolute Gasteiger partial charge is 0.245 e. The van der Waals surface area contributed by atoms with Crippen LogP contribution in [0.4, 0.5) is 5.69 Å². The van der Waals surface area contributed by atoms with Gasteiger partial charge in [-0.1, -0.05) is 17.7 Å². The third-order valence-electron chi connectivity index (χ3n) is 3.34. The van der Waals surface area contributed by atoms with E-state index in [4.69, 9.17) is 22.1 Å². The number of carbonyl (C=O) groups is 1. The molecule has 0 spiro atoms. The van der Waals surface area contributed by atoms with Crippen LogP contribution in [0.15, 0.2) is 18.2 Å². The minimum absolute atomic E-state index is 0.0360. The maximum absolute atomic E-state index is 12.1. The zero-order valence-electron chi connectivity index (χ0n) is 11.6. The second-order valence-electron chi connectivity index (χ2n) is 4.67. The molecule has 1 unspecified atom stereocenters. The molecule has 2 rings (SSSR count). The van der Waals surface area contributed by atoms with E-state index >= 15 is 0 Å². The van der Waals surface area contributed by atoms with E-state index in [-0.39, 0.29) is 11.9 Å². The van der Waals surface area contributed by atoms with Crippen molar-refractivity contribution in [3.8, 4) is 0 Å².